The summed E-state index contributed by atoms with van der Waals surface area (Å²) in [6.07, 6.45) is 7.87. The molecule has 0 aliphatic heterocycles. The minimum atomic E-state index is -1.69. The SMILES string of the molecule is CCCC(C)(C)OOC(=O)CCCCCC(C)(C)C.CCCCC(CC)COC(=O)OOC(=O)O. The fourth-order valence-electron chi connectivity index (χ4n) is 3.12. The van der Waals surface area contributed by atoms with Crippen LogP contribution in [-0.2, 0) is 29.1 Å². The molecule has 0 bridgehead atoms. The molecule has 0 amide bonds. The molecule has 0 heterocycles. The van der Waals surface area contributed by atoms with Crippen molar-refractivity contribution in [3.05, 3.63) is 0 Å². The summed E-state index contributed by atoms with van der Waals surface area (Å²) >= 11 is 0. The van der Waals surface area contributed by atoms with Gasteiger partial charge < -0.3 is 9.84 Å². The number of hydrogen-bond donors (Lipinski definition) is 1. The zero-order valence-electron chi connectivity index (χ0n) is 23.3. The van der Waals surface area contributed by atoms with Crippen LogP contribution in [0.2, 0.25) is 0 Å². The van der Waals surface area contributed by atoms with E-state index in [0.29, 0.717) is 11.8 Å². The molecule has 0 aromatic heterocycles. The smallest absolute Gasteiger partial charge is 0.447 e. The van der Waals surface area contributed by atoms with E-state index in [-0.39, 0.29) is 24.1 Å². The third-order valence-electron chi connectivity index (χ3n) is 5.18. The van der Waals surface area contributed by atoms with Crippen molar-refractivity contribution in [2.45, 2.75) is 132 Å². The number of hydrogen-bond acceptors (Lipinski definition) is 8. The third kappa shape index (κ3) is 26.4. The summed E-state index contributed by atoms with van der Waals surface area (Å²) in [5.74, 6) is 0.0252. The molecule has 0 saturated heterocycles. The Bertz CT molecular complexity index is 568. The summed E-state index contributed by atoms with van der Waals surface area (Å²) in [7, 11) is 0. The van der Waals surface area contributed by atoms with E-state index in [1.54, 1.807) is 0 Å². The highest BCUT2D eigenvalue weighted by Gasteiger charge is 2.21. The molecular weight excluding hydrogens is 456 g/mol. The molecule has 0 aliphatic carbocycles. The fraction of sp³-hybridized carbons (Fsp3) is 0.885. The molecule has 9 heteroatoms. The van der Waals surface area contributed by atoms with Gasteiger partial charge in [-0.2, -0.15) is 14.6 Å². The second-order valence-corrected chi connectivity index (χ2v) is 10.6. The molecule has 1 N–H and O–H groups in total. The second-order valence-electron chi connectivity index (χ2n) is 10.6. The van der Waals surface area contributed by atoms with Crippen LogP contribution in [0.15, 0.2) is 0 Å². The summed E-state index contributed by atoms with van der Waals surface area (Å²) < 4.78 is 4.69. The van der Waals surface area contributed by atoms with Crippen molar-refractivity contribution in [2.75, 3.05) is 6.61 Å². The normalized spacial score (nSPS) is 12.1. The summed E-state index contributed by atoms with van der Waals surface area (Å²) in [5.41, 5.74) is 0.00441. The lowest BCUT2D eigenvalue weighted by Gasteiger charge is -2.21. The largest absolute Gasteiger partial charge is 0.550 e. The lowest BCUT2D eigenvalue weighted by molar-refractivity contribution is -0.326. The number of carbonyl (C=O) groups is 3. The van der Waals surface area contributed by atoms with E-state index in [1.165, 1.54) is 12.8 Å². The van der Waals surface area contributed by atoms with Gasteiger partial charge in [-0.1, -0.05) is 80.1 Å². The quantitative estimate of drug-likeness (QED) is 0.102. The number of rotatable bonds is 15. The minimum Gasteiger partial charge on any atom is -0.447 e. The molecular formula is C26H50O9. The van der Waals surface area contributed by atoms with Gasteiger partial charge in [0.2, 0.25) is 0 Å². The highest BCUT2D eigenvalue weighted by atomic mass is 17.3. The molecule has 0 radical (unpaired) electrons. The Hall–Kier alpha value is -2.03. The van der Waals surface area contributed by atoms with E-state index in [9.17, 15) is 14.4 Å². The number of carboxylic acid groups (broad SMARTS) is 1. The fourth-order valence-corrected chi connectivity index (χ4v) is 3.12. The van der Waals surface area contributed by atoms with Crippen LogP contribution in [0.3, 0.4) is 0 Å². The van der Waals surface area contributed by atoms with Crippen LogP contribution in [0.5, 0.6) is 0 Å². The summed E-state index contributed by atoms with van der Waals surface area (Å²) in [5, 5.41) is 8.05. The zero-order chi connectivity index (χ0) is 27.3. The maximum atomic E-state index is 11.5. The van der Waals surface area contributed by atoms with Crippen molar-refractivity contribution in [3.63, 3.8) is 0 Å². The average Bonchev–Trinajstić information content (AvgIpc) is 2.76. The van der Waals surface area contributed by atoms with E-state index >= 15 is 0 Å². The van der Waals surface area contributed by atoms with Crippen molar-refractivity contribution >= 4 is 18.3 Å². The molecule has 0 spiro atoms. The summed E-state index contributed by atoms with van der Waals surface area (Å²) in [6.45, 7) is 17.0. The van der Waals surface area contributed by atoms with Crippen LogP contribution < -0.4 is 0 Å². The first-order chi connectivity index (χ1) is 16.3. The standard InChI is InChI=1S/C16H32O3.C10H18O6/c1-7-12-16(5,6)19-18-14(17)11-9-8-10-13-15(2,3)4;1-3-5-6-8(4-2)7-14-10(13)16-15-9(11)12/h7-13H2,1-6H3;8H,3-7H2,1-2H3,(H,11,12). The van der Waals surface area contributed by atoms with Gasteiger partial charge in [-0.25, -0.2) is 14.5 Å². The van der Waals surface area contributed by atoms with E-state index in [4.69, 9.17) is 19.6 Å². The molecule has 0 saturated carbocycles. The molecule has 0 aromatic rings. The van der Waals surface area contributed by atoms with E-state index in [0.717, 1.165) is 51.4 Å². The number of unbranched alkanes of at least 4 members (excludes halogenated alkanes) is 3. The minimum absolute atomic E-state index is 0.221. The van der Waals surface area contributed by atoms with Gasteiger partial charge >= 0.3 is 18.3 Å². The molecule has 0 aliphatic rings. The van der Waals surface area contributed by atoms with Crippen molar-refractivity contribution in [2.24, 2.45) is 11.3 Å². The van der Waals surface area contributed by atoms with Crippen LogP contribution >= 0.6 is 0 Å². The molecule has 9 nitrogen and oxygen atoms in total. The molecule has 0 aromatic carbocycles. The summed E-state index contributed by atoms with van der Waals surface area (Å²) in [4.78, 5) is 49.7. The Balaban J connectivity index is 0. The Kier molecular flexibility index (Phi) is 20.3. The summed E-state index contributed by atoms with van der Waals surface area (Å²) in [6, 6.07) is 0. The Morgan fingerprint density at radius 1 is 0.800 bits per heavy atom. The molecule has 0 fully saturated rings. The third-order valence-corrected chi connectivity index (χ3v) is 5.18. The lowest BCUT2D eigenvalue weighted by atomic mass is 9.89. The highest BCUT2D eigenvalue weighted by Crippen LogP contribution is 2.22. The number of carbonyl (C=O) groups excluding carboxylic acids is 2. The molecule has 0 rings (SSSR count). The van der Waals surface area contributed by atoms with Crippen LogP contribution in [0.4, 0.5) is 9.59 Å². The second kappa shape index (κ2) is 20.2. The van der Waals surface area contributed by atoms with Gasteiger partial charge in [-0.3, -0.25) is 4.89 Å². The van der Waals surface area contributed by atoms with Crippen LogP contribution in [0, 0.1) is 11.3 Å². The van der Waals surface area contributed by atoms with Crippen molar-refractivity contribution in [1.82, 2.24) is 0 Å². The molecule has 208 valence electrons. The van der Waals surface area contributed by atoms with Crippen molar-refractivity contribution in [1.29, 1.82) is 0 Å². The van der Waals surface area contributed by atoms with Crippen molar-refractivity contribution < 1.29 is 43.8 Å². The molecule has 1 atom stereocenters. The van der Waals surface area contributed by atoms with Gasteiger partial charge in [0.25, 0.3) is 0 Å². The first-order valence-corrected chi connectivity index (χ1v) is 12.9. The van der Waals surface area contributed by atoms with Crippen LogP contribution in [0.1, 0.15) is 126 Å². The van der Waals surface area contributed by atoms with Gasteiger partial charge in [0.05, 0.1) is 6.61 Å². The van der Waals surface area contributed by atoms with Gasteiger partial charge in [0, 0.05) is 6.42 Å². The highest BCUT2D eigenvalue weighted by molar-refractivity contribution is 5.68. The first kappa shape index (κ1) is 35.1. The van der Waals surface area contributed by atoms with E-state index in [2.05, 4.69) is 44.4 Å². The van der Waals surface area contributed by atoms with E-state index in [1.807, 2.05) is 20.8 Å². The van der Waals surface area contributed by atoms with Gasteiger partial charge in [-0.15, -0.1) is 0 Å². The lowest BCUT2D eigenvalue weighted by Crippen LogP contribution is -2.25. The van der Waals surface area contributed by atoms with E-state index < -0.39 is 12.3 Å². The Morgan fingerprint density at radius 2 is 1.46 bits per heavy atom. The van der Waals surface area contributed by atoms with Gasteiger partial charge in [0.15, 0.2) is 0 Å². The molecule has 35 heavy (non-hydrogen) atoms. The van der Waals surface area contributed by atoms with Crippen LogP contribution in [0.25, 0.3) is 0 Å². The average molecular weight is 507 g/mol. The number of ether oxygens (including phenoxy) is 1. The van der Waals surface area contributed by atoms with Crippen molar-refractivity contribution in [3.8, 4) is 0 Å². The maximum Gasteiger partial charge on any atom is 0.550 e. The predicted molar refractivity (Wildman–Crippen MR) is 134 cm³/mol. The Labute approximate surface area is 212 Å². The van der Waals surface area contributed by atoms with Gasteiger partial charge in [0.1, 0.15) is 5.60 Å². The maximum absolute atomic E-state index is 11.5. The zero-order valence-corrected chi connectivity index (χ0v) is 23.3. The van der Waals surface area contributed by atoms with Crippen LogP contribution in [-0.4, -0.2) is 35.6 Å². The topological polar surface area (TPSA) is 118 Å². The first-order valence-electron chi connectivity index (χ1n) is 12.9. The Morgan fingerprint density at radius 3 is 1.97 bits per heavy atom. The molecule has 1 unspecified atom stereocenters. The predicted octanol–water partition coefficient (Wildman–Crippen LogP) is 8.00. The monoisotopic (exact) mass is 506 g/mol. The van der Waals surface area contributed by atoms with Gasteiger partial charge in [-0.05, 0) is 50.9 Å².